The lowest BCUT2D eigenvalue weighted by atomic mass is 9.87. The van der Waals surface area contributed by atoms with Crippen molar-refractivity contribution in [3.63, 3.8) is 0 Å². The van der Waals surface area contributed by atoms with Gasteiger partial charge >= 0.3 is 0 Å². The SMILES string of the molecule is CCC(C)c1ccc(OC(OCCC2CCCCC2)C(C)C)cc1. The van der Waals surface area contributed by atoms with Crippen LogP contribution in [0, 0.1) is 11.8 Å². The van der Waals surface area contributed by atoms with Crippen molar-refractivity contribution in [2.75, 3.05) is 6.61 Å². The minimum Gasteiger partial charge on any atom is -0.465 e. The van der Waals surface area contributed by atoms with Gasteiger partial charge in [-0.3, -0.25) is 0 Å². The zero-order valence-corrected chi connectivity index (χ0v) is 16.1. The van der Waals surface area contributed by atoms with E-state index in [1.807, 2.05) is 0 Å². The van der Waals surface area contributed by atoms with E-state index in [-0.39, 0.29) is 6.29 Å². The first-order valence-electron chi connectivity index (χ1n) is 9.98. The molecule has 1 aliphatic carbocycles. The first kappa shape index (κ1) is 19.3. The van der Waals surface area contributed by atoms with Crippen LogP contribution in [0.1, 0.15) is 84.1 Å². The van der Waals surface area contributed by atoms with Crippen LogP contribution >= 0.6 is 0 Å². The zero-order chi connectivity index (χ0) is 17.4. The zero-order valence-electron chi connectivity index (χ0n) is 16.1. The van der Waals surface area contributed by atoms with E-state index in [0.717, 1.165) is 18.3 Å². The van der Waals surface area contributed by atoms with Crippen LogP contribution in [0.15, 0.2) is 24.3 Å². The molecule has 1 aliphatic rings. The van der Waals surface area contributed by atoms with Crippen molar-refractivity contribution >= 4 is 0 Å². The Bertz CT molecular complexity index is 446. The van der Waals surface area contributed by atoms with Gasteiger partial charge in [0.1, 0.15) is 5.75 Å². The van der Waals surface area contributed by atoms with E-state index in [9.17, 15) is 0 Å². The largest absolute Gasteiger partial charge is 0.465 e. The molecule has 136 valence electrons. The minimum absolute atomic E-state index is 0.150. The maximum Gasteiger partial charge on any atom is 0.202 e. The lowest BCUT2D eigenvalue weighted by Gasteiger charge is -2.25. The highest BCUT2D eigenvalue weighted by Crippen LogP contribution is 2.27. The maximum atomic E-state index is 6.11. The molecule has 1 aromatic rings. The molecule has 0 amide bonds. The summed E-state index contributed by atoms with van der Waals surface area (Å²) in [7, 11) is 0. The average Bonchev–Trinajstić information content (AvgIpc) is 2.61. The van der Waals surface area contributed by atoms with Gasteiger partial charge in [-0.05, 0) is 42.4 Å². The van der Waals surface area contributed by atoms with Crippen LogP contribution in [-0.4, -0.2) is 12.9 Å². The highest BCUT2D eigenvalue weighted by molar-refractivity contribution is 5.29. The van der Waals surface area contributed by atoms with E-state index in [0.29, 0.717) is 11.8 Å². The van der Waals surface area contributed by atoms with Crippen molar-refractivity contribution in [2.24, 2.45) is 11.8 Å². The molecule has 2 heteroatoms. The fourth-order valence-corrected chi connectivity index (χ4v) is 3.43. The Labute approximate surface area is 148 Å². The molecule has 0 spiro atoms. The molecule has 0 aliphatic heterocycles. The molecule has 24 heavy (non-hydrogen) atoms. The van der Waals surface area contributed by atoms with Crippen LogP contribution in [0.5, 0.6) is 5.75 Å². The normalized spacial score (nSPS) is 18.5. The average molecular weight is 333 g/mol. The van der Waals surface area contributed by atoms with Crippen molar-refractivity contribution in [1.82, 2.24) is 0 Å². The van der Waals surface area contributed by atoms with Gasteiger partial charge in [0, 0.05) is 5.92 Å². The van der Waals surface area contributed by atoms with Gasteiger partial charge in [-0.15, -0.1) is 0 Å². The van der Waals surface area contributed by atoms with E-state index >= 15 is 0 Å². The summed E-state index contributed by atoms with van der Waals surface area (Å²) in [5.41, 5.74) is 1.38. The fourth-order valence-electron chi connectivity index (χ4n) is 3.43. The molecule has 0 radical (unpaired) electrons. The Kier molecular flexibility index (Phi) is 8.11. The molecule has 1 saturated carbocycles. The molecule has 0 saturated heterocycles. The maximum absolute atomic E-state index is 6.11. The Balaban J connectivity index is 1.81. The predicted molar refractivity (Wildman–Crippen MR) is 102 cm³/mol. The highest BCUT2D eigenvalue weighted by atomic mass is 16.7. The van der Waals surface area contributed by atoms with E-state index < -0.39 is 0 Å². The third kappa shape index (κ3) is 6.12. The van der Waals surface area contributed by atoms with E-state index in [1.165, 1.54) is 50.5 Å². The number of ether oxygens (including phenoxy) is 2. The van der Waals surface area contributed by atoms with Gasteiger partial charge in [0.15, 0.2) is 0 Å². The molecule has 0 bridgehead atoms. The molecular weight excluding hydrogens is 296 g/mol. The molecule has 0 N–H and O–H groups in total. The molecule has 2 nitrogen and oxygen atoms in total. The van der Waals surface area contributed by atoms with Crippen LogP contribution in [0.4, 0.5) is 0 Å². The van der Waals surface area contributed by atoms with Crippen LogP contribution < -0.4 is 4.74 Å². The van der Waals surface area contributed by atoms with Gasteiger partial charge in [0.05, 0.1) is 6.61 Å². The van der Waals surface area contributed by atoms with Crippen molar-refractivity contribution < 1.29 is 9.47 Å². The molecule has 1 fully saturated rings. The Hall–Kier alpha value is -1.02. The van der Waals surface area contributed by atoms with Gasteiger partial charge in [0.25, 0.3) is 0 Å². The second kappa shape index (κ2) is 10.1. The van der Waals surface area contributed by atoms with Crippen molar-refractivity contribution in [3.05, 3.63) is 29.8 Å². The summed E-state index contributed by atoms with van der Waals surface area (Å²) in [5, 5.41) is 0. The molecule has 2 unspecified atom stereocenters. The van der Waals surface area contributed by atoms with Gasteiger partial charge in [-0.25, -0.2) is 0 Å². The van der Waals surface area contributed by atoms with E-state index in [2.05, 4.69) is 52.0 Å². The topological polar surface area (TPSA) is 18.5 Å². The van der Waals surface area contributed by atoms with Crippen molar-refractivity contribution in [3.8, 4) is 5.75 Å². The summed E-state index contributed by atoms with van der Waals surface area (Å²) in [4.78, 5) is 0. The summed E-state index contributed by atoms with van der Waals surface area (Å²) in [6.45, 7) is 9.64. The summed E-state index contributed by atoms with van der Waals surface area (Å²) >= 11 is 0. The fraction of sp³-hybridized carbons (Fsp3) is 0.727. The predicted octanol–water partition coefficient (Wildman–Crippen LogP) is 6.55. The summed E-state index contributed by atoms with van der Waals surface area (Å²) < 4.78 is 12.2. The Morgan fingerprint density at radius 1 is 1.00 bits per heavy atom. The first-order chi connectivity index (χ1) is 11.6. The lowest BCUT2D eigenvalue weighted by molar-refractivity contribution is -0.111. The van der Waals surface area contributed by atoms with E-state index in [4.69, 9.17) is 9.47 Å². The minimum atomic E-state index is -0.150. The summed E-state index contributed by atoms with van der Waals surface area (Å²) in [6.07, 6.45) is 9.18. The summed E-state index contributed by atoms with van der Waals surface area (Å²) in [5.74, 6) is 2.73. The van der Waals surface area contributed by atoms with Crippen LogP contribution in [-0.2, 0) is 4.74 Å². The second-order valence-electron chi connectivity index (χ2n) is 7.77. The summed E-state index contributed by atoms with van der Waals surface area (Å²) in [6, 6.07) is 8.54. The number of benzene rings is 1. The Morgan fingerprint density at radius 3 is 2.25 bits per heavy atom. The van der Waals surface area contributed by atoms with Gasteiger partial charge in [-0.2, -0.15) is 0 Å². The molecular formula is C22H36O2. The third-order valence-corrected chi connectivity index (χ3v) is 5.39. The second-order valence-corrected chi connectivity index (χ2v) is 7.77. The van der Waals surface area contributed by atoms with Gasteiger partial charge in [0.2, 0.25) is 6.29 Å². The lowest BCUT2D eigenvalue weighted by Crippen LogP contribution is -2.27. The smallest absolute Gasteiger partial charge is 0.202 e. The van der Waals surface area contributed by atoms with Crippen molar-refractivity contribution in [2.45, 2.75) is 84.8 Å². The quantitative estimate of drug-likeness (QED) is 0.477. The van der Waals surface area contributed by atoms with Gasteiger partial charge in [-0.1, -0.05) is 71.9 Å². The highest BCUT2D eigenvalue weighted by Gasteiger charge is 2.18. The monoisotopic (exact) mass is 332 g/mol. The molecule has 1 aromatic carbocycles. The molecule has 0 aromatic heterocycles. The Morgan fingerprint density at radius 2 is 1.67 bits per heavy atom. The van der Waals surface area contributed by atoms with Crippen LogP contribution in [0.3, 0.4) is 0 Å². The van der Waals surface area contributed by atoms with Crippen LogP contribution in [0.25, 0.3) is 0 Å². The first-order valence-corrected chi connectivity index (χ1v) is 9.98. The molecule has 0 heterocycles. The third-order valence-electron chi connectivity index (χ3n) is 5.39. The number of rotatable bonds is 9. The number of hydrogen-bond donors (Lipinski definition) is 0. The molecule has 2 atom stereocenters. The molecule has 2 rings (SSSR count). The standard InChI is InChI=1S/C22H36O2/c1-5-18(4)20-11-13-21(14-12-20)24-22(17(2)3)23-16-15-19-9-7-6-8-10-19/h11-14,17-19,22H,5-10,15-16H2,1-4H3. The number of hydrogen-bond acceptors (Lipinski definition) is 2. The van der Waals surface area contributed by atoms with Crippen LogP contribution in [0.2, 0.25) is 0 Å². The van der Waals surface area contributed by atoms with E-state index in [1.54, 1.807) is 0 Å². The van der Waals surface area contributed by atoms with Gasteiger partial charge < -0.3 is 9.47 Å². The van der Waals surface area contributed by atoms with Crippen molar-refractivity contribution in [1.29, 1.82) is 0 Å².